The van der Waals surface area contributed by atoms with Crippen molar-refractivity contribution in [1.82, 2.24) is 20.1 Å². The summed E-state index contributed by atoms with van der Waals surface area (Å²) in [5, 5.41) is 3.07. The number of hydrogen-bond donors (Lipinski definition) is 1. The zero-order chi connectivity index (χ0) is 27.4. The van der Waals surface area contributed by atoms with E-state index in [1.165, 1.54) is 18.3 Å². The first-order chi connectivity index (χ1) is 18.0. The van der Waals surface area contributed by atoms with Crippen molar-refractivity contribution in [2.75, 3.05) is 19.6 Å². The second-order valence-corrected chi connectivity index (χ2v) is 11.3. The van der Waals surface area contributed by atoms with E-state index in [4.69, 9.17) is 4.74 Å². The minimum Gasteiger partial charge on any atom is -0.444 e. The standard InChI is InChI=1S/C29H37FN4O4/c1-19-18-33(28(37)38-29(2,3)4)14-15-34(19)27(36)20-8-11-24(12-9-20)32-26(35)22-10-13-25(31-17-22)21-6-5-7-23(30)16-21/h5-7,10,13,16-17,19-20,24H,8-9,11-12,14-15,18H2,1-4H3,(H,32,35)/t19-,20?,24?/m1/s1. The summed E-state index contributed by atoms with van der Waals surface area (Å²) in [5.74, 6) is -0.489. The van der Waals surface area contributed by atoms with Gasteiger partial charge in [-0.05, 0) is 77.6 Å². The first-order valence-corrected chi connectivity index (χ1v) is 13.3. The number of ether oxygens (including phenoxy) is 1. The maximum absolute atomic E-state index is 13.5. The largest absolute Gasteiger partial charge is 0.444 e. The van der Waals surface area contributed by atoms with E-state index in [0.717, 1.165) is 12.8 Å². The number of piperazine rings is 1. The van der Waals surface area contributed by atoms with Crippen LogP contribution in [-0.2, 0) is 9.53 Å². The summed E-state index contributed by atoms with van der Waals surface area (Å²) in [6.45, 7) is 8.90. The van der Waals surface area contributed by atoms with Crippen LogP contribution in [0.4, 0.5) is 9.18 Å². The van der Waals surface area contributed by atoms with Crippen LogP contribution in [0.3, 0.4) is 0 Å². The Morgan fingerprint density at radius 1 is 1.05 bits per heavy atom. The van der Waals surface area contributed by atoms with Crippen LogP contribution in [0, 0.1) is 11.7 Å². The monoisotopic (exact) mass is 524 g/mol. The van der Waals surface area contributed by atoms with Crippen LogP contribution in [0.1, 0.15) is 63.7 Å². The fourth-order valence-electron chi connectivity index (χ4n) is 5.11. The molecule has 204 valence electrons. The van der Waals surface area contributed by atoms with Crippen LogP contribution in [-0.4, -0.2) is 70.0 Å². The Bertz CT molecular complexity index is 1160. The Hall–Kier alpha value is -3.49. The molecule has 1 N–H and O–H groups in total. The molecule has 2 heterocycles. The van der Waals surface area contributed by atoms with Crippen LogP contribution in [0.5, 0.6) is 0 Å². The number of halogens is 1. The van der Waals surface area contributed by atoms with Crippen molar-refractivity contribution in [2.24, 2.45) is 5.92 Å². The highest BCUT2D eigenvalue weighted by atomic mass is 19.1. The molecule has 0 unspecified atom stereocenters. The van der Waals surface area contributed by atoms with E-state index < -0.39 is 5.60 Å². The van der Waals surface area contributed by atoms with E-state index in [-0.39, 0.29) is 41.7 Å². The van der Waals surface area contributed by atoms with Gasteiger partial charge >= 0.3 is 6.09 Å². The fraction of sp³-hybridized carbons (Fsp3) is 0.517. The second kappa shape index (κ2) is 11.5. The predicted octanol–water partition coefficient (Wildman–Crippen LogP) is 4.64. The number of aromatic nitrogens is 1. The smallest absolute Gasteiger partial charge is 0.410 e. The van der Waals surface area contributed by atoms with Crippen molar-refractivity contribution in [3.8, 4) is 11.3 Å². The minimum atomic E-state index is -0.551. The van der Waals surface area contributed by atoms with Gasteiger partial charge in [-0.25, -0.2) is 9.18 Å². The molecule has 1 aliphatic heterocycles. The van der Waals surface area contributed by atoms with Crippen molar-refractivity contribution in [2.45, 2.75) is 71.1 Å². The van der Waals surface area contributed by atoms with Gasteiger partial charge in [0.1, 0.15) is 11.4 Å². The summed E-state index contributed by atoms with van der Waals surface area (Å²) in [7, 11) is 0. The van der Waals surface area contributed by atoms with Gasteiger partial charge in [0.2, 0.25) is 5.91 Å². The van der Waals surface area contributed by atoms with Gasteiger partial charge in [-0.3, -0.25) is 14.6 Å². The summed E-state index contributed by atoms with van der Waals surface area (Å²) < 4.78 is 19.0. The molecule has 3 amide bonds. The highest BCUT2D eigenvalue weighted by Gasteiger charge is 2.36. The number of carbonyl (C=O) groups is 3. The number of hydrogen-bond acceptors (Lipinski definition) is 5. The summed E-state index contributed by atoms with van der Waals surface area (Å²) >= 11 is 0. The maximum atomic E-state index is 13.5. The van der Waals surface area contributed by atoms with Gasteiger partial charge in [-0.2, -0.15) is 0 Å². The lowest BCUT2D eigenvalue weighted by molar-refractivity contribution is -0.141. The number of benzene rings is 1. The predicted molar refractivity (Wildman–Crippen MR) is 142 cm³/mol. The van der Waals surface area contributed by atoms with Gasteiger partial charge in [-0.1, -0.05) is 12.1 Å². The molecule has 0 spiro atoms. The molecule has 2 fully saturated rings. The fourth-order valence-corrected chi connectivity index (χ4v) is 5.11. The van der Waals surface area contributed by atoms with Crippen LogP contribution < -0.4 is 5.32 Å². The molecule has 1 aromatic carbocycles. The number of amides is 3. The second-order valence-electron chi connectivity index (χ2n) is 11.3. The van der Waals surface area contributed by atoms with Gasteiger partial charge in [-0.15, -0.1) is 0 Å². The molecule has 1 saturated heterocycles. The molecule has 1 saturated carbocycles. The number of pyridine rings is 1. The van der Waals surface area contributed by atoms with Crippen molar-refractivity contribution in [3.63, 3.8) is 0 Å². The topological polar surface area (TPSA) is 91.8 Å². The first-order valence-electron chi connectivity index (χ1n) is 13.3. The zero-order valence-corrected chi connectivity index (χ0v) is 22.6. The molecule has 8 nitrogen and oxygen atoms in total. The normalized spacial score (nSPS) is 22.1. The molecule has 1 aromatic heterocycles. The Balaban J connectivity index is 1.24. The number of nitrogens with one attached hydrogen (secondary N) is 1. The van der Waals surface area contributed by atoms with Gasteiger partial charge < -0.3 is 19.9 Å². The third-order valence-corrected chi connectivity index (χ3v) is 7.12. The number of carbonyl (C=O) groups excluding carboxylic acids is 3. The summed E-state index contributed by atoms with van der Waals surface area (Å²) in [6.07, 6.45) is 4.03. The lowest BCUT2D eigenvalue weighted by Gasteiger charge is -2.42. The molecule has 9 heteroatoms. The van der Waals surface area contributed by atoms with E-state index >= 15 is 0 Å². The summed E-state index contributed by atoms with van der Waals surface area (Å²) in [6, 6.07) is 9.49. The van der Waals surface area contributed by atoms with Crippen molar-refractivity contribution in [1.29, 1.82) is 0 Å². The van der Waals surface area contributed by atoms with Gasteiger partial charge in [0, 0.05) is 49.4 Å². The molecule has 0 radical (unpaired) electrons. The van der Waals surface area contributed by atoms with Gasteiger partial charge in [0.15, 0.2) is 0 Å². The van der Waals surface area contributed by atoms with E-state index in [0.29, 0.717) is 49.3 Å². The lowest BCUT2D eigenvalue weighted by Crippen LogP contribution is -2.57. The molecule has 1 atom stereocenters. The molecule has 1 aliphatic carbocycles. The third-order valence-electron chi connectivity index (χ3n) is 7.12. The molecule has 38 heavy (non-hydrogen) atoms. The Morgan fingerprint density at radius 2 is 1.79 bits per heavy atom. The first kappa shape index (κ1) is 27.5. The van der Waals surface area contributed by atoms with Crippen LogP contribution in [0.25, 0.3) is 11.3 Å². The number of nitrogens with zero attached hydrogens (tertiary/aromatic N) is 3. The van der Waals surface area contributed by atoms with Gasteiger partial charge in [0.25, 0.3) is 5.91 Å². The molecule has 2 aromatic rings. The highest BCUT2D eigenvalue weighted by molar-refractivity contribution is 5.94. The Kier molecular flexibility index (Phi) is 8.33. The Morgan fingerprint density at radius 3 is 2.39 bits per heavy atom. The zero-order valence-electron chi connectivity index (χ0n) is 22.6. The summed E-state index contributed by atoms with van der Waals surface area (Å²) in [5.41, 5.74) is 1.14. The van der Waals surface area contributed by atoms with Crippen molar-refractivity contribution < 1.29 is 23.5 Å². The molecule has 2 aliphatic rings. The quantitative estimate of drug-likeness (QED) is 0.629. The average molecular weight is 525 g/mol. The van der Waals surface area contributed by atoms with E-state index in [9.17, 15) is 18.8 Å². The van der Waals surface area contributed by atoms with E-state index in [1.54, 1.807) is 29.2 Å². The van der Waals surface area contributed by atoms with Crippen molar-refractivity contribution in [3.05, 3.63) is 54.0 Å². The van der Waals surface area contributed by atoms with Crippen molar-refractivity contribution >= 4 is 17.9 Å². The van der Waals surface area contributed by atoms with Crippen LogP contribution >= 0.6 is 0 Å². The highest BCUT2D eigenvalue weighted by Crippen LogP contribution is 2.28. The van der Waals surface area contributed by atoms with E-state index in [2.05, 4.69) is 10.3 Å². The SMILES string of the molecule is C[C@@H]1CN(C(=O)OC(C)(C)C)CCN1C(=O)C1CCC(NC(=O)c2ccc(-c3cccc(F)c3)nc2)CC1. The maximum Gasteiger partial charge on any atom is 0.410 e. The van der Waals surface area contributed by atoms with Crippen LogP contribution in [0.2, 0.25) is 0 Å². The molecular weight excluding hydrogens is 487 g/mol. The summed E-state index contributed by atoms with van der Waals surface area (Å²) in [4.78, 5) is 46.3. The minimum absolute atomic E-state index is 0.00381. The molecular formula is C29H37FN4O4. The van der Waals surface area contributed by atoms with E-state index in [1.807, 2.05) is 32.6 Å². The van der Waals surface area contributed by atoms with Gasteiger partial charge in [0.05, 0.1) is 11.3 Å². The number of rotatable bonds is 4. The van der Waals surface area contributed by atoms with Crippen LogP contribution in [0.15, 0.2) is 42.6 Å². The third kappa shape index (κ3) is 6.88. The molecule has 4 rings (SSSR count). The lowest BCUT2D eigenvalue weighted by atomic mass is 9.84. The Labute approximate surface area is 223 Å². The molecule has 0 bridgehead atoms. The average Bonchev–Trinajstić information content (AvgIpc) is 2.88.